The molecule has 1 saturated heterocycles. The van der Waals surface area contributed by atoms with Gasteiger partial charge in [-0.2, -0.15) is 13.2 Å². The summed E-state index contributed by atoms with van der Waals surface area (Å²) in [6, 6.07) is 11.9. The first-order valence-corrected chi connectivity index (χ1v) is 10.9. The van der Waals surface area contributed by atoms with E-state index in [9.17, 15) is 22.8 Å². The molecule has 0 spiro atoms. The highest BCUT2D eigenvalue weighted by molar-refractivity contribution is 8.26. The van der Waals surface area contributed by atoms with Crippen molar-refractivity contribution < 1.29 is 27.5 Å². The number of halogens is 3. The van der Waals surface area contributed by atoms with E-state index in [-0.39, 0.29) is 28.9 Å². The maximum atomic E-state index is 13.1. The standard InChI is InChI=1S/C22H19F3N2O3S2/c1-2-30-15-9-7-14(8-10-15)13-18-20(29)27(21(31)32-18)12-11-19(28)26-17-6-4-3-5-16(17)22(23,24)25/h3-10,13H,2,11-12H2,1H3,(H,26,28). The first-order valence-electron chi connectivity index (χ1n) is 9.63. The molecule has 0 radical (unpaired) electrons. The van der Waals surface area contributed by atoms with Crippen LogP contribution in [-0.4, -0.2) is 34.2 Å². The number of alkyl halides is 3. The number of anilines is 1. The minimum atomic E-state index is -4.59. The zero-order valence-corrected chi connectivity index (χ0v) is 18.6. The van der Waals surface area contributed by atoms with Crippen molar-refractivity contribution in [1.82, 2.24) is 4.90 Å². The second-order valence-corrected chi connectivity index (χ2v) is 8.35. The van der Waals surface area contributed by atoms with Crippen molar-refractivity contribution in [2.75, 3.05) is 18.5 Å². The fourth-order valence-electron chi connectivity index (χ4n) is 2.94. The van der Waals surface area contributed by atoms with Gasteiger partial charge in [-0.15, -0.1) is 0 Å². The van der Waals surface area contributed by atoms with E-state index in [2.05, 4.69) is 5.32 Å². The Morgan fingerprint density at radius 1 is 1.19 bits per heavy atom. The molecule has 0 aliphatic carbocycles. The molecule has 1 heterocycles. The number of rotatable bonds is 7. The van der Waals surface area contributed by atoms with Crippen LogP contribution < -0.4 is 10.1 Å². The van der Waals surface area contributed by atoms with Gasteiger partial charge in [-0.1, -0.05) is 48.2 Å². The lowest BCUT2D eigenvalue weighted by molar-refractivity contribution is -0.137. The van der Waals surface area contributed by atoms with Crippen LogP contribution in [0, 0.1) is 0 Å². The van der Waals surface area contributed by atoms with Crippen LogP contribution in [0.25, 0.3) is 6.08 Å². The molecule has 2 aromatic rings. The van der Waals surface area contributed by atoms with Gasteiger partial charge < -0.3 is 10.1 Å². The molecule has 2 amide bonds. The molecule has 0 unspecified atom stereocenters. The Hall–Kier alpha value is -2.85. The molecule has 3 rings (SSSR count). The molecule has 32 heavy (non-hydrogen) atoms. The quantitative estimate of drug-likeness (QED) is 0.429. The summed E-state index contributed by atoms with van der Waals surface area (Å²) in [5, 5.41) is 2.26. The fraction of sp³-hybridized carbons (Fsp3) is 0.227. The van der Waals surface area contributed by atoms with Gasteiger partial charge in [-0.3, -0.25) is 14.5 Å². The maximum Gasteiger partial charge on any atom is 0.418 e. The Bertz CT molecular complexity index is 1050. The molecule has 10 heteroatoms. The van der Waals surface area contributed by atoms with Gasteiger partial charge >= 0.3 is 6.18 Å². The van der Waals surface area contributed by atoms with Crippen molar-refractivity contribution in [3.05, 3.63) is 64.6 Å². The molecule has 168 valence electrons. The fourth-order valence-corrected chi connectivity index (χ4v) is 4.25. The third kappa shape index (κ3) is 5.89. The third-order valence-corrected chi connectivity index (χ3v) is 5.81. The van der Waals surface area contributed by atoms with Crippen LogP contribution in [0.4, 0.5) is 18.9 Å². The summed E-state index contributed by atoms with van der Waals surface area (Å²) in [5.74, 6) is -0.279. The number of nitrogens with one attached hydrogen (secondary N) is 1. The summed E-state index contributed by atoms with van der Waals surface area (Å²) in [7, 11) is 0. The van der Waals surface area contributed by atoms with Crippen molar-refractivity contribution in [1.29, 1.82) is 0 Å². The molecule has 1 N–H and O–H groups in total. The van der Waals surface area contributed by atoms with Crippen LogP contribution in [-0.2, 0) is 15.8 Å². The molecular weight excluding hydrogens is 461 g/mol. The van der Waals surface area contributed by atoms with E-state index in [4.69, 9.17) is 17.0 Å². The van der Waals surface area contributed by atoms with Gasteiger partial charge in [-0.05, 0) is 42.8 Å². The average molecular weight is 481 g/mol. The van der Waals surface area contributed by atoms with Crippen LogP contribution in [0.5, 0.6) is 5.75 Å². The molecule has 2 aromatic carbocycles. The number of ether oxygens (including phenoxy) is 1. The van der Waals surface area contributed by atoms with Gasteiger partial charge in [0.25, 0.3) is 5.91 Å². The van der Waals surface area contributed by atoms with E-state index in [1.165, 1.54) is 23.1 Å². The van der Waals surface area contributed by atoms with Crippen molar-refractivity contribution in [2.24, 2.45) is 0 Å². The Kier molecular flexibility index (Phi) is 7.57. The minimum absolute atomic E-state index is 0.0364. The van der Waals surface area contributed by atoms with Crippen LogP contribution in [0.15, 0.2) is 53.4 Å². The molecule has 1 aliphatic heterocycles. The van der Waals surface area contributed by atoms with Gasteiger partial charge in [0.15, 0.2) is 0 Å². The van der Waals surface area contributed by atoms with E-state index in [1.54, 1.807) is 18.2 Å². The number of thioether (sulfide) groups is 1. The van der Waals surface area contributed by atoms with Crippen LogP contribution >= 0.6 is 24.0 Å². The Labute approximate surface area is 192 Å². The second-order valence-electron chi connectivity index (χ2n) is 6.68. The largest absolute Gasteiger partial charge is 0.494 e. The summed E-state index contributed by atoms with van der Waals surface area (Å²) in [4.78, 5) is 26.6. The Morgan fingerprint density at radius 3 is 2.53 bits per heavy atom. The zero-order chi connectivity index (χ0) is 23.3. The van der Waals surface area contributed by atoms with Crippen LogP contribution in [0.3, 0.4) is 0 Å². The van der Waals surface area contributed by atoms with Crippen LogP contribution in [0.1, 0.15) is 24.5 Å². The van der Waals surface area contributed by atoms with Gasteiger partial charge in [0, 0.05) is 13.0 Å². The second kappa shape index (κ2) is 10.2. The van der Waals surface area contributed by atoms with Crippen molar-refractivity contribution in [3.8, 4) is 5.75 Å². The summed E-state index contributed by atoms with van der Waals surface area (Å²) in [5.41, 5.74) is -0.474. The molecule has 0 atom stereocenters. The lowest BCUT2D eigenvalue weighted by atomic mass is 10.1. The van der Waals surface area contributed by atoms with Crippen LogP contribution in [0.2, 0.25) is 0 Å². The molecule has 0 saturated carbocycles. The molecule has 1 fully saturated rings. The maximum absolute atomic E-state index is 13.1. The van der Waals surface area contributed by atoms with Gasteiger partial charge in [0.1, 0.15) is 10.1 Å². The smallest absolute Gasteiger partial charge is 0.418 e. The predicted octanol–water partition coefficient (Wildman–Crippen LogP) is 5.33. The summed E-state index contributed by atoms with van der Waals surface area (Å²) in [6.07, 6.45) is -3.10. The number of amides is 2. The Morgan fingerprint density at radius 2 is 1.88 bits per heavy atom. The highest BCUT2D eigenvalue weighted by Crippen LogP contribution is 2.35. The predicted molar refractivity (Wildman–Crippen MR) is 122 cm³/mol. The zero-order valence-electron chi connectivity index (χ0n) is 16.9. The lowest BCUT2D eigenvalue weighted by Gasteiger charge is -2.16. The van der Waals surface area contributed by atoms with E-state index in [0.29, 0.717) is 11.5 Å². The van der Waals surface area contributed by atoms with E-state index in [1.807, 2.05) is 19.1 Å². The Balaban J connectivity index is 1.62. The third-order valence-electron chi connectivity index (χ3n) is 4.43. The number of carbonyl (C=O) groups excluding carboxylic acids is 2. The molecule has 1 aliphatic rings. The molecule has 0 bridgehead atoms. The molecule has 0 aromatic heterocycles. The minimum Gasteiger partial charge on any atom is -0.494 e. The molecular formula is C22H19F3N2O3S2. The van der Waals surface area contributed by atoms with E-state index < -0.39 is 17.6 Å². The first kappa shape index (κ1) is 23.8. The van der Waals surface area contributed by atoms with Gasteiger partial charge in [0.2, 0.25) is 5.91 Å². The number of nitrogens with zero attached hydrogens (tertiary/aromatic N) is 1. The van der Waals surface area contributed by atoms with Gasteiger partial charge in [-0.25, -0.2) is 0 Å². The lowest BCUT2D eigenvalue weighted by Crippen LogP contribution is -2.31. The average Bonchev–Trinajstić information content (AvgIpc) is 3.00. The summed E-state index contributed by atoms with van der Waals surface area (Å²) in [6.45, 7) is 2.40. The number of para-hydroxylation sites is 1. The summed E-state index contributed by atoms with van der Waals surface area (Å²) >= 11 is 6.35. The van der Waals surface area contributed by atoms with Crippen molar-refractivity contribution in [3.63, 3.8) is 0 Å². The van der Waals surface area contributed by atoms with Crippen molar-refractivity contribution in [2.45, 2.75) is 19.5 Å². The summed E-state index contributed by atoms with van der Waals surface area (Å²) < 4.78 is 44.9. The number of carbonyl (C=O) groups is 2. The topological polar surface area (TPSA) is 58.6 Å². The highest BCUT2D eigenvalue weighted by atomic mass is 32.2. The highest BCUT2D eigenvalue weighted by Gasteiger charge is 2.34. The van der Waals surface area contributed by atoms with Gasteiger partial charge in [0.05, 0.1) is 22.8 Å². The monoisotopic (exact) mass is 480 g/mol. The SMILES string of the molecule is CCOc1ccc(C=C2SC(=S)N(CCC(=O)Nc3ccccc3C(F)(F)F)C2=O)cc1. The van der Waals surface area contributed by atoms with E-state index >= 15 is 0 Å². The normalized spacial score (nSPS) is 15.4. The van der Waals surface area contributed by atoms with E-state index in [0.717, 1.165) is 29.1 Å². The van der Waals surface area contributed by atoms with Crippen molar-refractivity contribution >= 4 is 51.9 Å². The molecule has 5 nitrogen and oxygen atoms in total. The first-order chi connectivity index (χ1) is 15.2. The number of hydrogen-bond donors (Lipinski definition) is 1. The number of hydrogen-bond acceptors (Lipinski definition) is 5. The number of benzene rings is 2. The number of thiocarbonyl (C=S) groups is 1.